The third-order valence-electron chi connectivity index (χ3n) is 3.36. The Kier molecular flexibility index (Phi) is 4.27. The van der Waals surface area contributed by atoms with Crippen LogP contribution in [0.1, 0.15) is 46.5 Å². The third kappa shape index (κ3) is 3.02. The van der Waals surface area contributed by atoms with Gasteiger partial charge in [-0.15, -0.1) is 0 Å². The van der Waals surface area contributed by atoms with E-state index in [0.717, 1.165) is 18.3 Å². The van der Waals surface area contributed by atoms with E-state index in [-0.39, 0.29) is 0 Å². The lowest BCUT2D eigenvalue weighted by Crippen LogP contribution is -2.09. The molecule has 0 amide bonds. The van der Waals surface area contributed by atoms with Gasteiger partial charge in [-0.25, -0.2) is 0 Å². The third-order valence-corrected chi connectivity index (χ3v) is 3.36. The molecule has 2 unspecified atom stereocenters. The van der Waals surface area contributed by atoms with E-state index in [9.17, 15) is 0 Å². The van der Waals surface area contributed by atoms with Crippen LogP contribution in [0.25, 0.3) is 0 Å². The van der Waals surface area contributed by atoms with Gasteiger partial charge in [0.05, 0.1) is 0 Å². The van der Waals surface area contributed by atoms with Crippen LogP contribution < -0.4 is 0 Å². The van der Waals surface area contributed by atoms with Crippen molar-refractivity contribution in [2.75, 3.05) is 0 Å². The molecule has 0 radical (unpaired) electrons. The summed E-state index contributed by atoms with van der Waals surface area (Å²) in [5.41, 5.74) is 1.68. The quantitative estimate of drug-likeness (QED) is 0.564. The number of rotatable bonds is 3. The highest BCUT2D eigenvalue weighted by Gasteiger charge is 2.14. The van der Waals surface area contributed by atoms with E-state index in [1.165, 1.54) is 19.3 Å². The molecule has 1 rings (SSSR count). The van der Waals surface area contributed by atoms with Crippen LogP contribution in [0.4, 0.5) is 0 Å². The minimum absolute atomic E-state index is 0.782. The topological polar surface area (TPSA) is 0 Å². The zero-order valence-corrected chi connectivity index (χ0v) is 9.22. The Bertz CT molecular complexity index is 198. The minimum atomic E-state index is 0.782. The molecule has 0 nitrogen and oxygen atoms in total. The first-order valence-corrected chi connectivity index (χ1v) is 5.59. The van der Waals surface area contributed by atoms with Gasteiger partial charge in [-0.2, -0.15) is 0 Å². The fourth-order valence-electron chi connectivity index (χ4n) is 1.92. The minimum Gasteiger partial charge on any atom is -0.0879 e. The largest absolute Gasteiger partial charge is 0.0879 e. The van der Waals surface area contributed by atoms with Crippen molar-refractivity contribution in [1.82, 2.24) is 0 Å². The van der Waals surface area contributed by atoms with Gasteiger partial charge in [0, 0.05) is 0 Å². The van der Waals surface area contributed by atoms with Gasteiger partial charge in [-0.3, -0.25) is 0 Å². The first kappa shape index (κ1) is 10.6. The maximum Gasteiger partial charge on any atom is -0.0166 e. The molecule has 1 aliphatic carbocycles. The molecule has 0 heteroatoms. The van der Waals surface area contributed by atoms with E-state index >= 15 is 0 Å². The number of hydrogen-bond donors (Lipinski definition) is 0. The monoisotopic (exact) mass is 178 g/mol. The summed E-state index contributed by atoms with van der Waals surface area (Å²) in [6.07, 6.45) is 12.0. The summed E-state index contributed by atoms with van der Waals surface area (Å²) in [4.78, 5) is 0. The lowest BCUT2D eigenvalue weighted by molar-refractivity contribution is 0.417. The predicted octanol–water partition coefficient (Wildman–Crippen LogP) is 4.34. The van der Waals surface area contributed by atoms with Crippen molar-refractivity contribution in [3.63, 3.8) is 0 Å². The van der Waals surface area contributed by atoms with E-state index in [1.54, 1.807) is 5.57 Å². The summed E-state index contributed by atoms with van der Waals surface area (Å²) in [6, 6.07) is 0. The molecule has 74 valence electrons. The van der Waals surface area contributed by atoms with Gasteiger partial charge >= 0.3 is 0 Å². The van der Waals surface area contributed by atoms with Crippen LogP contribution in [0.15, 0.2) is 23.8 Å². The normalized spacial score (nSPS) is 21.9. The van der Waals surface area contributed by atoms with Crippen molar-refractivity contribution >= 4 is 0 Å². The van der Waals surface area contributed by atoms with Crippen molar-refractivity contribution in [2.24, 2.45) is 11.8 Å². The van der Waals surface area contributed by atoms with Gasteiger partial charge in [0.1, 0.15) is 0 Å². The summed E-state index contributed by atoms with van der Waals surface area (Å²) in [7, 11) is 0. The zero-order chi connectivity index (χ0) is 9.68. The van der Waals surface area contributed by atoms with Crippen LogP contribution in [0.3, 0.4) is 0 Å². The molecule has 0 heterocycles. The molecular weight excluding hydrogens is 156 g/mol. The first-order valence-electron chi connectivity index (χ1n) is 5.59. The predicted molar refractivity (Wildman–Crippen MR) is 59.7 cm³/mol. The molecule has 0 saturated heterocycles. The van der Waals surface area contributed by atoms with Crippen molar-refractivity contribution in [1.29, 1.82) is 0 Å². The van der Waals surface area contributed by atoms with E-state index in [2.05, 4.69) is 39.0 Å². The maximum absolute atomic E-state index is 2.43. The Morgan fingerprint density at radius 2 is 2.08 bits per heavy atom. The molecule has 0 aromatic rings. The van der Waals surface area contributed by atoms with Gasteiger partial charge in [-0.1, -0.05) is 51.0 Å². The van der Waals surface area contributed by atoms with Gasteiger partial charge in [0.25, 0.3) is 0 Å². The SMILES string of the molecule is CCC(C)C(C)C1=CCC=CCC1. The van der Waals surface area contributed by atoms with E-state index in [1.807, 2.05) is 0 Å². The van der Waals surface area contributed by atoms with Gasteiger partial charge in [-0.05, 0) is 31.1 Å². The summed E-state index contributed by atoms with van der Waals surface area (Å²) < 4.78 is 0. The highest BCUT2D eigenvalue weighted by atomic mass is 14.2. The molecule has 0 N–H and O–H groups in total. The van der Waals surface area contributed by atoms with Gasteiger partial charge < -0.3 is 0 Å². The highest BCUT2D eigenvalue weighted by molar-refractivity contribution is 5.13. The summed E-state index contributed by atoms with van der Waals surface area (Å²) >= 11 is 0. The summed E-state index contributed by atoms with van der Waals surface area (Å²) in [6.45, 7) is 7.03. The van der Waals surface area contributed by atoms with Crippen LogP contribution in [-0.4, -0.2) is 0 Å². The second-order valence-electron chi connectivity index (χ2n) is 4.20. The molecule has 0 aromatic heterocycles. The van der Waals surface area contributed by atoms with Gasteiger partial charge in [0.15, 0.2) is 0 Å². The second-order valence-corrected chi connectivity index (χ2v) is 4.20. The van der Waals surface area contributed by atoms with E-state index in [0.29, 0.717) is 0 Å². The Morgan fingerprint density at radius 1 is 1.31 bits per heavy atom. The molecule has 0 aromatic carbocycles. The van der Waals surface area contributed by atoms with Crippen LogP contribution in [0, 0.1) is 11.8 Å². The number of hydrogen-bond acceptors (Lipinski definition) is 0. The molecule has 2 atom stereocenters. The van der Waals surface area contributed by atoms with Crippen LogP contribution in [0.2, 0.25) is 0 Å². The molecule has 0 aliphatic heterocycles. The fourth-order valence-corrected chi connectivity index (χ4v) is 1.92. The van der Waals surface area contributed by atoms with Crippen LogP contribution >= 0.6 is 0 Å². The maximum atomic E-state index is 2.43. The van der Waals surface area contributed by atoms with Crippen molar-refractivity contribution < 1.29 is 0 Å². The Balaban J connectivity index is 2.55. The molecule has 1 aliphatic rings. The van der Waals surface area contributed by atoms with Crippen LogP contribution in [-0.2, 0) is 0 Å². The molecule has 0 bridgehead atoms. The molecule has 0 spiro atoms. The van der Waals surface area contributed by atoms with Gasteiger partial charge in [0.2, 0.25) is 0 Å². The Hall–Kier alpha value is -0.520. The fraction of sp³-hybridized carbons (Fsp3) is 0.692. The van der Waals surface area contributed by atoms with Crippen molar-refractivity contribution in [3.8, 4) is 0 Å². The lowest BCUT2D eigenvalue weighted by atomic mass is 9.85. The van der Waals surface area contributed by atoms with E-state index in [4.69, 9.17) is 0 Å². The zero-order valence-electron chi connectivity index (χ0n) is 9.22. The first-order chi connectivity index (χ1) is 6.25. The summed E-state index contributed by atoms with van der Waals surface area (Å²) in [5, 5.41) is 0. The average molecular weight is 178 g/mol. The Labute approximate surface area is 82.7 Å². The van der Waals surface area contributed by atoms with Crippen LogP contribution in [0.5, 0.6) is 0 Å². The van der Waals surface area contributed by atoms with E-state index < -0.39 is 0 Å². The standard InChI is InChI=1S/C13H22/c1-4-11(2)12(3)13-9-7-5-6-8-10-13/h5-6,9,11-12H,4,7-8,10H2,1-3H3. The molecule has 13 heavy (non-hydrogen) atoms. The summed E-state index contributed by atoms with van der Waals surface area (Å²) in [5.74, 6) is 1.62. The second kappa shape index (κ2) is 5.26. The average Bonchev–Trinajstić information content (AvgIpc) is 2.43. The highest BCUT2D eigenvalue weighted by Crippen LogP contribution is 2.27. The smallest absolute Gasteiger partial charge is 0.0166 e. The number of allylic oxidation sites excluding steroid dienone is 4. The molecular formula is C13H22. The lowest BCUT2D eigenvalue weighted by Gasteiger charge is -2.21. The molecule has 0 saturated carbocycles. The van der Waals surface area contributed by atoms with Crippen molar-refractivity contribution in [3.05, 3.63) is 23.8 Å². The van der Waals surface area contributed by atoms with Crippen molar-refractivity contribution in [2.45, 2.75) is 46.5 Å². The molecule has 0 fully saturated rings. The Morgan fingerprint density at radius 3 is 2.77 bits per heavy atom.